The van der Waals surface area contributed by atoms with Crippen LogP contribution in [0.3, 0.4) is 0 Å². The number of ether oxygens (including phenoxy) is 1. The molecule has 2 amide bonds. The second kappa shape index (κ2) is 7.42. The Morgan fingerprint density at radius 2 is 2.21 bits per heavy atom. The summed E-state index contributed by atoms with van der Waals surface area (Å²) in [6.45, 7) is 5.33. The summed E-state index contributed by atoms with van der Waals surface area (Å²) in [6.07, 6.45) is 0.708. The van der Waals surface area contributed by atoms with Gasteiger partial charge in [0.2, 0.25) is 0 Å². The summed E-state index contributed by atoms with van der Waals surface area (Å²) >= 11 is 0. The first kappa shape index (κ1) is 15.0. The third kappa shape index (κ3) is 5.01. The number of nitrogens with one attached hydrogen (secondary N) is 3. The van der Waals surface area contributed by atoms with Crippen molar-refractivity contribution in [3.8, 4) is 0 Å². The maximum absolute atomic E-state index is 11.6. The smallest absolute Gasteiger partial charge is 0.354 e. The zero-order valence-corrected chi connectivity index (χ0v) is 11.1. The molecule has 19 heavy (non-hydrogen) atoms. The molecule has 0 saturated carbocycles. The molecule has 7 heteroatoms. The minimum absolute atomic E-state index is 0.0260. The molecule has 1 aromatic rings. The average Bonchev–Trinajstić information content (AvgIpc) is 2.70. The van der Waals surface area contributed by atoms with Crippen molar-refractivity contribution in [3.05, 3.63) is 17.5 Å². The topological polar surface area (TPSA) is 103 Å². The van der Waals surface area contributed by atoms with Crippen molar-refractivity contribution in [2.24, 2.45) is 0 Å². The molecule has 0 bridgehead atoms. The molecule has 0 atom stereocenters. The Kier molecular flexibility index (Phi) is 5.87. The van der Waals surface area contributed by atoms with E-state index in [1.54, 1.807) is 13.0 Å². The summed E-state index contributed by atoms with van der Waals surface area (Å²) in [5.41, 5.74) is 0.901. The third-order valence-corrected chi connectivity index (χ3v) is 2.37. The molecular weight excluding hydrogens is 250 g/mol. The van der Waals surface area contributed by atoms with Gasteiger partial charge in [-0.2, -0.15) is 0 Å². The van der Waals surface area contributed by atoms with E-state index in [-0.39, 0.29) is 11.4 Å². The maximum atomic E-state index is 11.6. The van der Waals surface area contributed by atoms with Crippen LogP contribution in [0.5, 0.6) is 0 Å². The molecule has 106 valence electrons. The van der Waals surface area contributed by atoms with E-state index in [1.807, 2.05) is 6.92 Å². The summed E-state index contributed by atoms with van der Waals surface area (Å²) in [5.74, 6) is -1.11. The van der Waals surface area contributed by atoms with Gasteiger partial charge < -0.3 is 25.5 Å². The summed E-state index contributed by atoms with van der Waals surface area (Å²) in [4.78, 5) is 25.2. The Bertz CT molecular complexity index is 442. The number of aromatic amines is 1. The molecule has 0 aromatic carbocycles. The minimum Gasteiger partial charge on any atom is -0.477 e. The first-order chi connectivity index (χ1) is 9.04. The minimum atomic E-state index is -1.11. The van der Waals surface area contributed by atoms with Gasteiger partial charge in [-0.3, -0.25) is 0 Å². The monoisotopic (exact) mass is 269 g/mol. The van der Waals surface area contributed by atoms with Gasteiger partial charge in [0.25, 0.3) is 0 Å². The maximum Gasteiger partial charge on any atom is 0.354 e. The molecule has 0 aliphatic rings. The zero-order chi connectivity index (χ0) is 14.3. The number of urea groups is 1. The Hall–Kier alpha value is -2.02. The van der Waals surface area contributed by atoms with Gasteiger partial charge in [0.05, 0.1) is 5.69 Å². The summed E-state index contributed by atoms with van der Waals surface area (Å²) in [6, 6.07) is 1.14. The number of carboxylic acids is 1. The normalized spacial score (nSPS) is 10.2. The number of aryl methyl sites for hydroxylation is 1. The van der Waals surface area contributed by atoms with Gasteiger partial charge in [-0.1, -0.05) is 0 Å². The molecule has 0 saturated heterocycles. The lowest BCUT2D eigenvalue weighted by atomic mass is 10.3. The van der Waals surface area contributed by atoms with Gasteiger partial charge in [-0.25, -0.2) is 9.59 Å². The molecule has 1 heterocycles. The number of carboxylic acid groups (broad SMARTS) is 1. The molecule has 0 aliphatic heterocycles. The Balaban J connectivity index is 2.42. The van der Waals surface area contributed by atoms with E-state index < -0.39 is 12.0 Å². The van der Waals surface area contributed by atoms with Crippen molar-refractivity contribution in [1.82, 2.24) is 10.3 Å². The van der Waals surface area contributed by atoms with Gasteiger partial charge in [0, 0.05) is 25.5 Å². The lowest BCUT2D eigenvalue weighted by molar-refractivity contribution is 0.0692. The number of anilines is 1. The number of H-pyrrole nitrogens is 1. The first-order valence-electron chi connectivity index (χ1n) is 6.10. The van der Waals surface area contributed by atoms with E-state index in [0.29, 0.717) is 31.9 Å². The van der Waals surface area contributed by atoms with Crippen molar-refractivity contribution in [3.63, 3.8) is 0 Å². The predicted molar refractivity (Wildman–Crippen MR) is 70.6 cm³/mol. The number of carbonyl (C=O) groups is 2. The predicted octanol–water partition coefficient (Wildman–Crippen LogP) is 1.57. The van der Waals surface area contributed by atoms with Gasteiger partial charge in [-0.15, -0.1) is 0 Å². The van der Waals surface area contributed by atoms with E-state index >= 15 is 0 Å². The van der Waals surface area contributed by atoms with Gasteiger partial charge in [0.15, 0.2) is 0 Å². The highest BCUT2D eigenvalue weighted by Gasteiger charge is 2.14. The van der Waals surface area contributed by atoms with Crippen LogP contribution in [-0.4, -0.2) is 41.8 Å². The van der Waals surface area contributed by atoms with Crippen molar-refractivity contribution in [1.29, 1.82) is 0 Å². The summed E-state index contributed by atoms with van der Waals surface area (Å²) < 4.78 is 5.13. The standard InChI is InChI=1S/C12H19N3O4/c1-3-19-6-4-5-13-12(18)15-9-7-8(2)14-10(9)11(16)17/h7,14H,3-6H2,1-2H3,(H,16,17)(H2,13,15,18). The SMILES string of the molecule is CCOCCCNC(=O)Nc1cc(C)[nH]c1C(=O)O. The molecule has 0 unspecified atom stereocenters. The number of aromatic carboxylic acids is 1. The van der Waals surface area contributed by atoms with Crippen LogP contribution in [0.4, 0.5) is 10.5 Å². The fraction of sp³-hybridized carbons (Fsp3) is 0.500. The number of amides is 2. The van der Waals surface area contributed by atoms with Crippen LogP contribution in [0.2, 0.25) is 0 Å². The van der Waals surface area contributed by atoms with E-state index in [4.69, 9.17) is 9.84 Å². The fourth-order valence-electron chi connectivity index (χ4n) is 1.54. The largest absolute Gasteiger partial charge is 0.477 e. The van der Waals surface area contributed by atoms with Crippen LogP contribution in [0.25, 0.3) is 0 Å². The molecule has 1 rings (SSSR count). The van der Waals surface area contributed by atoms with E-state index in [0.717, 1.165) is 0 Å². The van der Waals surface area contributed by atoms with Crippen LogP contribution in [0, 0.1) is 6.92 Å². The lowest BCUT2D eigenvalue weighted by Gasteiger charge is -2.07. The highest BCUT2D eigenvalue weighted by Crippen LogP contribution is 2.16. The molecule has 4 N–H and O–H groups in total. The lowest BCUT2D eigenvalue weighted by Crippen LogP contribution is -2.30. The number of aromatic nitrogens is 1. The highest BCUT2D eigenvalue weighted by molar-refractivity contribution is 5.99. The van der Waals surface area contributed by atoms with Crippen molar-refractivity contribution < 1.29 is 19.4 Å². The Morgan fingerprint density at radius 1 is 1.47 bits per heavy atom. The molecule has 0 radical (unpaired) electrons. The Labute approximate surface area is 111 Å². The zero-order valence-electron chi connectivity index (χ0n) is 11.1. The molecule has 0 fully saturated rings. The van der Waals surface area contributed by atoms with Crippen molar-refractivity contribution >= 4 is 17.7 Å². The van der Waals surface area contributed by atoms with Gasteiger partial charge in [-0.05, 0) is 26.3 Å². The van der Waals surface area contributed by atoms with E-state index in [9.17, 15) is 9.59 Å². The van der Waals surface area contributed by atoms with Crippen LogP contribution < -0.4 is 10.6 Å². The second-order valence-electron chi connectivity index (χ2n) is 3.98. The van der Waals surface area contributed by atoms with Crippen molar-refractivity contribution in [2.75, 3.05) is 25.1 Å². The molecule has 0 aliphatic carbocycles. The molecule has 1 aromatic heterocycles. The number of rotatable bonds is 7. The summed E-state index contributed by atoms with van der Waals surface area (Å²) in [5, 5.41) is 14.1. The van der Waals surface area contributed by atoms with Crippen LogP contribution in [0.1, 0.15) is 29.5 Å². The quantitative estimate of drug-likeness (QED) is 0.564. The number of hydrogen-bond acceptors (Lipinski definition) is 3. The van der Waals surface area contributed by atoms with E-state index in [2.05, 4.69) is 15.6 Å². The second-order valence-corrected chi connectivity index (χ2v) is 3.98. The summed E-state index contributed by atoms with van der Waals surface area (Å²) in [7, 11) is 0. The molecule has 7 nitrogen and oxygen atoms in total. The number of hydrogen-bond donors (Lipinski definition) is 4. The van der Waals surface area contributed by atoms with Crippen LogP contribution in [0.15, 0.2) is 6.07 Å². The van der Waals surface area contributed by atoms with Crippen LogP contribution >= 0.6 is 0 Å². The fourth-order valence-corrected chi connectivity index (χ4v) is 1.54. The Morgan fingerprint density at radius 3 is 2.84 bits per heavy atom. The highest BCUT2D eigenvalue weighted by atomic mass is 16.5. The van der Waals surface area contributed by atoms with E-state index in [1.165, 1.54) is 0 Å². The third-order valence-electron chi connectivity index (χ3n) is 2.37. The van der Waals surface area contributed by atoms with Gasteiger partial charge >= 0.3 is 12.0 Å². The van der Waals surface area contributed by atoms with Crippen molar-refractivity contribution in [2.45, 2.75) is 20.3 Å². The first-order valence-corrected chi connectivity index (χ1v) is 6.10. The number of carbonyl (C=O) groups excluding carboxylic acids is 1. The molecule has 0 spiro atoms. The molecular formula is C12H19N3O4. The van der Waals surface area contributed by atoms with Gasteiger partial charge in [0.1, 0.15) is 5.69 Å². The average molecular weight is 269 g/mol. The van der Waals surface area contributed by atoms with Crippen LogP contribution in [-0.2, 0) is 4.74 Å².